The van der Waals surface area contributed by atoms with Crippen LogP contribution in [-0.4, -0.2) is 28.3 Å². The molecule has 1 aliphatic rings. The minimum atomic E-state index is -0.813. The Morgan fingerprint density at radius 1 is 1.39 bits per heavy atom. The molecule has 1 saturated heterocycles. The van der Waals surface area contributed by atoms with Crippen molar-refractivity contribution in [2.75, 3.05) is 6.61 Å². The number of aromatic nitrogens is 2. The molecule has 3 rings (SSSR count). The van der Waals surface area contributed by atoms with E-state index < -0.39 is 11.4 Å². The van der Waals surface area contributed by atoms with E-state index in [0.29, 0.717) is 13.0 Å². The molecule has 1 atom stereocenters. The van der Waals surface area contributed by atoms with Gasteiger partial charge in [0.2, 0.25) is 11.7 Å². The monoisotopic (exact) mass is 319 g/mol. The minimum absolute atomic E-state index is 0.0826. The van der Waals surface area contributed by atoms with E-state index in [9.17, 15) is 9.18 Å². The van der Waals surface area contributed by atoms with Gasteiger partial charge in [0, 0.05) is 6.61 Å². The van der Waals surface area contributed by atoms with Crippen LogP contribution in [0.15, 0.2) is 28.8 Å². The van der Waals surface area contributed by atoms with Gasteiger partial charge in [0.25, 0.3) is 5.91 Å². The molecule has 0 unspecified atom stereocenters. The number of rotatable bonds is 4. The molecule has 1 aromatic carbocycles. The van der Waals surface area contributed by atoms with Crippen LogP contribution in [0.5, 0.6) is 0 Å². The molecule has 1 aromatic heterocycles. The summed E-state index contributed by atoms with van der Waals surface area (Å²) in [4.78, 5) is 16.3. The predicted molar refractivity (Wildman–Crippen MR) is 79.7 cm³/mol. The lowest BCUT2D eigenvalue weighted by atomic mass is 9.95. The van der Waals surface area contributed by atoms with E-state index in [1.54, 1.807) is 25.1 Å². The summed E-state index contributed by atoms with van der Waals surface area (Å²) in [5.41, 5.74) is -0.552. The molecule has 0 saturated carbocycles. The van der Waals surface area contributed by atoms with Crippen molar-refractivity contribution in [1.82, 2.24) is 15.5 Å². The SMILES string of the molecule is C[C@]1(C(=O)NCc2nc(-c3ccccc3F)no2)CCCCO1. The Bertz CT molecular complexity index is 695. The van der Waals surface area contributed by atoms with Crippen LogP contribution >= 0.6 is 0 Å². The molecular formula is C16H18FN3O3. The third kappa shape index (κ3) is 3.39. The standard InChI is InChI=1S/C16H18FN3O3/c1-16(8-4-5-9-22-16)15(21)18-10-13-19-14(20-23-13)11-6-2-3-7-12(11)17/h2-3,6-7H,4-5,8-10H2,1H3,(H,18,21)/t16-/m1/s1. The lowest BCUT2D eigenvalue weighted by Gasteiger charge is -2.32. The summed E-state index contributed by atoms with van der Waals surface area (Å²) in [6.45, 7) is 2.45. The van der Waals surface area contributed by atoms with Crippen LogP contribution in [0.25, 0.3) is 11.4 Å². The molecule has 1 aliphatic heterocycles. The summed E-state index contributed by atoms with van der Waals surface area (Å²) in [7, 11) is 0. The van der Waals surface area contributed by atoms with Gasteiger partial charge in [-0.25, -0.2) is 4.39 Å². The number of nitrogens with one attached hydrogen (secondary N) is 1. The second kappa shape index (κ2) is 6.45. The summed E-state index contributed by atoms with van der Waals surface area (Å²) >= 11 is 0. The summed E-state index contributed by atoms with van der Waals surface area (Å²) in [5.74, 6) is -0.252. The fourth-order valence-electron chi connectivity index (χ4n) is 2.53. The highest BCUT2D eigenvalue weighted by Crippen LogP contribution is 2.24. The van der Waals surface area contributed by atoms with Crippen LogP contribution in [0.3, 0.4) is 0 Å². The van der Waals surface area contributed by atoms with Crippen molar-refractivity contribution < 1.29 is 18.4 Å². The zero-order chi connectivity index (χ0) is 16.3. The summed E-state index contributed by atoms with van der Waals surface area (Å²) in [6, 6.07) is 6.18. The van der Waals surface area contributed by atoms with E-state index in [1.165, 1.54) is 6.07 Å². The number of amides is 1. The number of carbonyl (C=O) groups excluding carboxylic acids is 1. The Morgan fingerprint density at radius 2 is 2.22 bits per heavy atom. The smallest absolute Gasteiger partial charge is 0.252 e. The van der Waals surface area contributed by atoms with Crippen molar-refractivity contribution in [3.05, 3.63) is 36.0 Å². The van der Waals surface area contributed by atoms with Gasteiger partial charge in [-0.3, -0.25) is 4.79 Å². The van der Waals surface area contributed by atoms with Crippen molar-refractivity contribution >= 4 is 5.91 Å². The first-order valence-corrected chi connectivity index (χ1v) is 7.58. The fraction of sp³-hybridized carbons (Fsp3) is 0.438. The lowest BCUT2D eigenvalue weighted by molar-refractivity contribution is -0.150. The van der Waals surface area contributed by atoms with Gasteiger partial charge in [-0.2, -0.15) is 4.98 Å². The predicted octanol–water partition coefficient (Wildman–Crippen LogP) is 2.45. The maximum absolute atomic E-state index is 13.7. The van der Waals surface area contributed by atoms with Gasteiger partial charge in [-0.05, 0) is 38.3 Å². The van der Waals surface area contributed by atoms with Crippen LogP contribution < -0.4 is 5.32 Å². The molecule has 0 bridgehead atoms. The first kappa shape index (κ1) is 15.6. The van der Waals surface area contributed by atoms with Gasteiger partial charge in [0.1, 0.15) is 11.4 Å². The van der Waals surface area contributed by atoms with E-state index in [4.69, 9.17) is 9.26 Å². The number of benzene rings is 1. The Labute approximate surface area is 133 Å². The first-order chi connectivity index (χ1) is 11.1. The third-order valence-electron chi connectivity index (χ3n) is 3.93. The highest BCUT2D eigenvalue weighted by molar-refractivity contribution is 5.84. The number of carbonyl (C=O) groups is 1. The first-order valence-electron chi connectivity index (χ1n) is 7.58. The number of nitrogens with zero attached hydrogens (tertiary/aromatic N) is 2. The van der Waals surface area contributed by atoms with Gasteiger partial charge in [-0.15, -0.1) is 0 Å². The number of halogens is 1. The molecule has 0 spiro atoms. The summed E-state index contributed by atoms with van der Waals surface area (Å²) in [6.07, 6.45) is 2.61. The van der Waals surface area contributed by atoms with E-state index in [0.717, 1.165) is 12.8 Å². The van der Waals surface area contributed by atoms with Crippen molar-refractivity contribution in [1.29, 1.82) is 0 Å². The Morgan fingerprint density at radius 3 is 2.96 bits per heavy atom. The maximum atomic E-state index is 13.7. The molecule has 1 fully saturated rings. The average molecular weight is 319 g/mol. The van der Waals surface area contributed by atoms with Crippen molar-refractivity contribution in [3.8, 4) is 11.4 Å². The third-order valence-corrected chi connectivity index (χ3v) is 3.93. The maximum Gasteiger partial charge on any atom is 0.252 e. The van der Waals surface area contributed by atoms with E-state index in [-0.39, 0.29) is 29.7 Å². The molecule has 2 aromatic rings. The minimum Gasteiger partial charge on any atom is -0.365 e. The van der Waals surface area contributed by atoms with E-state index in [2.05, 4.69) is 15.5 Å². The summed E-state index contributed by atoms with van der Waals surface area (Å²) < 4.78 is 24.3. The van der Waals surface area contributed by atoms with Crippen LogP contribution in [0.1, 0.15) is 32.1 Å². The van der Waals surface area contributed by atoms with Crippen molar-refractivity contribution in [3.63, 3.8) is 0 Å². The Kier molecular flexibility index (Phi) is 4.38. The molecule has 6 nitrogen and oxygen atoms in total. The highest BCUT2D eigenvalue weighted by atomic mass is 19.1. The lowest BCUT2D eigenvalue weighted by Crippen LogP contribution is -2.48. The second-order valence-electron chi connectivity index (χ2n) is 5.71. The quantitative estimate of drug-likeness (QED) is 0.936. The average Bonchev–Trinajstić information content (AvgIpc) is 3.02. The van der Waals surface area contributed by atoms with Crippen LogP contribution in [-0.2, 0) is 16.1 Å². The Balaban J connectivity index is 1.63. The number of hydrogen-bond donors (Lipinski definition) is 1. The zero-order valence-corrected chi connectivity index (χ0v) is 12.8. The number of hydrogen-bond acceptors (Lipinski definition) is 5. The van der Waals surface area contributed by atoms with E-state index >= 15 is 0 Å². The molecule has 0 aliphatic carbocycles. The van der Waals surface area contributed by atoms with Gasteiger partial charge in [0.05, 0.1) is 12.1 Å². The molecule has 1 N–H and O–H groups in total. The molecule has 2 heterocycles. The van der Waals surface area contributed by atoms with Crippen LogP contribution in [0, 0.1) is 5.82 Å². The zero-order valence-electron chi connectivity index (χ0n) is 12.8. The van der Waals surface area contributed by atoms with Crippen molar-refractivity contribution in [2.24, 2.45) is 0 Å². The Hall–Kier alpha value is -2.28. The van der Waals surface area contributed by atoms with Crippen molar-refractivity contribution in [2.45, 2.75) is 38.3 Å². The van der Waals surface area contributed by atoms with Gasteiger partial charge >= 0.3 is 0 Å². The molecule has 7 heteroatoms. The summed E-state index contributed by atoms with van der Waals surface area (Å²) in [5, 5.41) is 6.48. The van der Waals surface area contributed by atoms with Gasteiger partial charge in [-0.1, -0.05) is 17.3 Å². The fourth-order valence-corrected chi connectivity index (χ4v) is 2.53. The molecular weight excluding hydrogens is 301 g/mol. The van der Waals surface area contributed by atoms with Crippen LogP contribution in [0.2, 0.25) is 0 Å². The molecule has 122 valence electrons. The molecule has 0 radical (unpaired) electrons. The van der Waals surface area contributed by atoms with E-state index in [1.807, 2.05) is 0 Å². The van der Waals surface area contributed by atoms with Crippen LogP contribution in [0.4, 0.5) is 4.39 Å². The molecule has 23 heavy (non-hydrogen) atoms. The second-order valence-corrected chi connectivity index (χ2v) is 5.71. The largest absolute Gasteiger partial charge is 0.365 e. The topological polar surface area (TPSA) is 77.3 Å². The number of ether oxygens (including phenoxy) is 1. The highest BCUT2D eigenvalue weighted by Gasteiger charge is 2.35. The van der Waals surface area contributed by atoms with Gasteiger partial charge < -0.3 is 14.6 Å². The molecule has 1 amide bonds. The normalized spacial score (nSPS) is 21.1. The van der Waals surface area contributed by atoms with Gasteiger partial charge in [0.15, 0.2) is 0 Å².